The Morgan fingerprint density at radius 2 is 1.94 bits per heavy atom. The molecule has 0 aliphatic rings. The number of hydrogen-bond acceptors (Lipinski definition) is 2. The Balaban J connectivity index is 2.56. The van der Waals surface area contributed by atoms with E-state index in [1.165, 1.54) is 10.2 Å². The van der Waals surface area contributed by atoms with Gasteiger partial charge in [0.15, 0.2) is 0 Å². The SMILES string of the molecule is Cc1ccc(-c2cc(CBr)c(=O)n(C)n2)cc1. The number of aromatic nitrogens is 2. The quantitative estimate of drug-likeness (QED) is 0.798. The maximum atomic E-state index is 11.7. The first-order valence-corrected chi connectivity index (χ1v) is 6.44. The number of aryl methyl sites for hydroxylation is 2. The minimum atomic E-state index is -0.0577. The van der Waals surface area contributed by atoms with E-state index in [2.05, 4.69) is 21.0 Å². The summed E-state index contributed by atoms with van der Waals surface area (Å²) in [7, 11) is 1.67. The van der Waals surface area contributed by atoms with Crippen molar-refractivity contribution < 1.29 is 0 Å². The van der Waals surface area contributed by atoms with E-state index in [4.69, 9.17) is 0 Å². The molecule has 0 saturated carbocycles. The minimum Gasteiger partial charge on any atom is -0.267 e. The van der Waals surface area contributed by atoms with Gasteiger partial charge in [0.1, 0.15) is 0 Å². The smallest absolute Gasteiger partial charge is 0.267 e. The molecule has 0 bridgehead atoms. The number of rotatable bonds is 2. The summed E-state index contributed by atoms with van der Waals surface area (Å²) in [6.07, 6.45) is 0. The number of alkyl halides is 1. The van der Waals surface area contributed by atoms with Crippen LogP contribution < -0.4 is 5.56 Å². The molecule has 0 N–H and O–H groups in total. The maximum absolute atomic E-state index is 11.7. The molecule has 0 aliphatic heterocycles. The fourth-order valence-electron chi connectivity index (χ4n) is 1.63. The van der Waals surface area contributed by atoms with E-state index >= 15 is 0 Å². The number of hydrogen-bond donors (Lipinski definition) is 0. The molecule has 4 heteroatoms. The number of halogens is 1. The van der Waals surface area contributed by atoms with E-state index in [1.807, 2.05) is 37.3 Å². The normalized spacial score (nSPS) is 10.5. The Hall–Kier alpha value is -1.42. The van der Waals surface area contributed by atoms with Gasteiger partial charge in [0.2, 0.25) is 0 Å². The molecule has 0 saturated heterocycles. The third kappa shape index (κ3) is 2.47. The second-order valence-corrected chi connectivity index (χ2v) is 4.54. The minimum absolute atomic E-state index is 0.0577. The van der Waals surface area contributed by atoms with Gasteiger partial charge in [-0.15, -0.1) is 0 Å². The second-order valence-electron chi connectivity index (χ2n) is 3.98. The van der Waals surface area contributed by atoms with Gasteiger partial charge in [-0.25, -0.2) is 4.68 Å². The lowest BCUT2D eigenvalue weighted by molar-refractivity contribution is 0.704. The van der Waals surface area contributed by atoms with Crippen LogP contribution in [0.4, 0.5) is 0 Å². The molecule has 1 heterocycles. The largest absolute Gasteiger partial charge is 0.270 e. The molecule has 0 aliphatic carbocycles. The fraction of sp³-hybridized carbons (Fsp3) is 0.231. The van der Waals surface area contributed by atoms with Crippen molar-refractivity contribution >= 4 is 15.9 Å². The highest BCUT2D eigenvalue weighted by Crippen LogP contribution is 2.17. The van der Waals surface area contributed by atoms with E-state index in [-0.39, 0.29) is 5.56 Å². The summed E-state index contributed by atoms with van der Waals surface area (Å²) in [5.74, 6) is 0. The molecule has 3 nitrogen and oxygen atoms in total. The molecular weight excluding hydrogens is 280 g/mol. The first kappa shape index (κ1) is 12.0. The van der Waals surface area contributed by atoms with Gasteiger partial charge in [-0.1, -0.05) is 45.8 Å². The summed E-state index contributed by atoms with van der Waals surface area (Å²) in [6.45, 7) is 2.04. The third-order valence-corrected chi connectivity index (χ3v) is 3.23. The maximum Gasteiger partial charge on any atom is 0.270 e. The zero-order valence-corrected chi connectivity index (χ0v) is 11.4. The lowest BCUT2D eigenvalue weighted by Crippen LogP contribution is -2.23. The first-order valence-electron chi connectivity index (χ1n) is 5.32. The van der Waals surface area contributed by atoms with Crippen LogP contribution in [0.25, 0.3) is 11.3 Å². The molecule has 0 amide bonds. The summed E-state index contributed by atoms with van der Waals surface area (Å²) in [5.41, 5.74) is 3.71. The molecule has 0 spiro atoms. The van der Waals surface area contributed by atoms with Crippen LogP contribution in [-0.2, 0) is 12.4 Å². The van der Waals surface area contributed by atoms with Gasteiger partial charge in [0.25, 0.3) is 5.56 Å². The van der Waals surface area contributed by atoms with Gasteiger partial charge in [-0.05, 0) is 13.0 Å². The van der Waals surface area contributed by atoms with Crippen molar-refractivity contribution in [3.05, 3.63) is 51.8 Å². The zero-order valence-electron chi connectivity index (χ0n) is 9.77. The highest BCUT2D eigenvalue weighted by molar-refractivity contribution is 9.08. The summed E-state index contributed by atoms with van der Waals surface area (Å²) >= 11 is 3.32. The standard InChI is InChI=1S/C13H13BrN2O/c1-9-3-5-10(6-4-9)12-7-11(8-14)13(17)16(2)15-12/h3-7H,8H2,1-2H3. The van der Waals surface area contributed by atoms with Crippen LogP contribution in [0.1, 0.15) is 11.1 Å². The molecule has 88 valence electrons. The van der Waals surface area contributed by atoms with Crippen molar-refractivity contribution in [3.63, 3.8) is 0 Å². The predicted molar refractivity (Wildman–Crippen MR) is 72.3 cm³/mol. The highest BCUT2D eigenvalue weighted by atomic mass is 79.9. The van der Waals surface area contributed by atoms with Crippen molar-refractivity contribution in [2.24, 2.45) is 7.05 Å². The summed E-state index contributed by atoms with van der Waals surface area (Å²) < 4.78 is 1.38. The molecular formula is C13H13BrN2O. The summed E-state index contributed by atoms with van der Waals surface area (Å²) in [4.78, 5) is 11.7. The topological polar surface area (TPSA) is 34.9 Å². The van der Waals surface area contributed by atoms with Crippen molar-refractivity contribution in [3.8, 4) is 11.3 Å². The molecule has 0 fully saturated rings. The van der Waals surface area contributed by atoms with Crippen molar-refractivity contribution in [1.29, 1.82) is 0 Å². The fourth-order valence-corrected chi connectivity index (χ4v) is 2.03. The molecule has 0 atom stereocenters. The summed E-state index contributed by atoms with van der Waals surface area (Å²) in [6, 6.07) is 9.94. The van der Waals surface area contributed by atoms with Gasteiger partial charge in [0.05, 0.1) is 5.69 Å². The van der Waals surface area contributed by atoms with Crippen LogP contribution in [0.5, 0.6) is 0 Å². The van der Waals surface area contributed by atoms with E-state index in [0.29, 0.717) is 5.33 Å². The number of nitrogens with zero attached hydrogens (tertiary/aromatic N) is 2. The lowest BCUT2D eigenvalue weighted by Gasteiger charge is -2.06. The molecule has 1 aromatic carbocycles. The molecule has 0 unspecified atom stereocenters. The van der Waals surface area contributed by atoms with Crippen LogP contribution >= 0.6 is 15.9 Å². The lowest BCUT2D eigenvalue weighted by atomic mass is 10.1. The Morgan fingerprint density at radius 1 is 1.29 bits per heavy atom. The highest BCUT2D eigenvalue weighted by Gasteiger charge is 2.06. The second kappa shape index (κ2) is 4.84. The van der Waals surface area contributed by atoms with Crippen LogP contribution in [0.3, 0.4) is 0 Å². The van der Waals surface area contributed by atoms with E-state index in [0.717, 1.165) is 16.8 Å². The van der Waals surface area contributed by atoms with Gasteiger partial charge in [0, 0.05) is 23.5 Å². The zero-order chi connectivity index (χ0) is 12.4. The van der Waals surface area contributed by atoms with Crippen molar-refractivity contribution in [1.82, 2.24) is 9.78 Å². The molecule has 17 heavy (non-hydrogen) atoms. The Kier molecular flexibility index (Phi) is 3.43. The van der Waals surface area contributed by atoms with Gasteiger partial charge >= 0.3 is 0 Å². The summed E-state index contributed by atoms with van der Waals surface area (Å²) in [5, 5.41) is 4.81. The average molecular weight is 293 g/mol. The Labute approximate surface area is 108 Å². The van der Waals surface area contributed by atoms with Crippen LogP contribution in [0, 0.1) is 6.92 Å². The van der Waals surface area contributed by atoms with Crippen LogP contribution in [-0.4, -0.2) is 9.78 Å². The molecule has 2 rings (SSSR count). The predicted octanol–water partition coefficient (Wildman–Crippen LogP) is 2.65. The first-order chi connectivity index (χ1) is 8.11. The van der Waals surface area contributed by atoms with Gasteiger partial charge < -0.3 is 0 Å². The van der Waals surface area contributed by atoms with Crippen LogP contribution in [0.15, 0.2) is 35.1 Å². The van der Waals surface area contributed by atoms with E-state index < -0.39 is 0 Å². The third-order valence-electron chi connectivity index (χ3n) is 2.63. The molecule has 0 radical (unpaired) electrons. The van der Waals surface area contributed by atoms with Crippen molar-refractivity contribution in [2.45, 2.75) is 12.3 Å². The Morgan fingerprint density at radius 3 is 2.53 bits per heavy atom. The van der Waals surface area contributed by atoms with Crippen molar-refractivity contribution in [2.75, 3.05) is 0 Å². The van der Waals surface area contributed by atoms with Gasteiger partial charge in [-0.3, -0.25) is 4.79 Å². The Bertz CT molecular complexity index is 587. The molecule has 2 aromatic rings. The number of benzene rings is 1. The molecule has 1 aromatic heterocycles. The monoisotopic (exact) mass is 292 g/mol. The van der Waals surface area contributed by atoms with Gasteiger partial charge in [-0.2, -0.15) is 5.10 Å². The average Bonchev–Trinajstić information content (AvgIpc) is 2.33. The van der Waals surface area contributed by atoms with E-state index in [1.54, 1.807) is 7.05 Å². The van der Waals surface area contributed by atoms with E-state index in [9.17, 15) is 4.79 Å². The van der Waals surface area contributed by atoms with Crippen LogP contribution in [0.2, 0.25) is 0 Å².